The van der Waals surface area contributed by atoms with Crippen molar-refractivity contribution < 1.29 is 10.2 Å². The van der Waals surface area contributed by atoms with E-state index in [-0.39, 0.29) is 12.0 Å². The van der Waals surface area contributed by atoms with Gasteiger partial charge in [0.25, 0.3) is 0 Å². The van der Waals surface area contributed by atoms with Gasteiger partial charge in [0.1, 0.15) is 0 Å². The molecular formula is C26H39NO2. The highest BCUT2D eigenvalue weighted by atomic mass is 16.3. The van der Waals surface area contributed by atoms with E-state index in [1.165, 1.54) is 32.2 Å². The van der Waals surface area contributed by atoms with E-state index in [1.807, 2.05) is 31.2 Å². The van der Waals surface area contributed by atoms with Gasteiger partial charge in [-0.2, -0.15) is 0 Å². The Labute approximate surface area is 177 Å². The van der Waals surface area contributed by atoms with E-state index in [2.05, 4.69) is 43.3 Å². The molecule has 29 heavy (non-hydrogen) atoms. The number of allylic oxidation sites excluding steroid dienone is 2. The molecule has 1 saturated carbocycles. The number of rotatable bonds is 10. The van der Waals surface area contributed by atoms with Gasteiger partial charge in [-0.25, -0.2) is 0 Å². The van der Waals surface area contributed by atoms with Crippen LogP contribution in [0.25, 0.3) is 0 Å². The molecule has 1 aromatic rings. The molecule has 0 heterocycles. The van der Waals surface area contributed by atoms with Crippen molar-refractivity contribution in [1.82, 2.24) is 4.90 Å². The Balaban J connectivity index is 1.51. The molecule has 5 atom stereocenters. The maximum Gasteiger partial charge on any atom is 0.0839 e. The van der Waals surface area contributed by atoms with Crippen LogP contribution >= 0.6 is 0 Å². The predicted molar refractivity (Wildman–Crippen MR) is 121 cm³/mol. The van der Waals surface area contributed by atoms with Gasteiger partial charge in [0.05, 0.1) is 11.7 Å². The lowest BCUT2D eigenvalue weighted by atomic mass is 9.87. The molecule has 1 fully saturated rings. The zero-order valence-corrected chi connectivity index (χ0v) is 18.4. The summed E-state index contributed by atoms with van der Waals surface area (Å²) >= 11 is 0. The summed E-state index contributed by atoms with van der Waals surface area (Å²) in [5.74, 6) is 1.17. The number of fused-ring (bicyclic) bond motifs is 1. The molecular weight excluding hydrogens is 358 g/mol. The van der Waals surface area contributed by atoms with Gasteiger partial charge in [0.15, 0.2) is 0 Å². The summed E-state index contributed by atoms with van der Waals surface area (Å²) in [6, 6.07) is 10.1. The van der Waals surface area contributed by atoms with E-state index in [0.29, 0.717) is 18.3 Å². The van der Waals surface area contributed by atoms with E-state index in [1.54, 1.807) is 5.57 Å². The zero-order chi connectivity index (χ0) is 20.9. The van der Waals surface area contributed by atoms with Crippen LogP contribution in [-0.2, 0) is 6.42 Å². The highest BCUT2D eigenvalue weighted by molar-refractivity contribution is 5.23. The van der Waals surface area contributed by atoms with Crippen LogP contribution < -0.4 is 0 Å². The van der Waals surface area contributed by atoms with Gasteiger partial charge in [0.2, 0.25) is 0 Å². The number of hydrogen-bond donors (Lipinski definition) is 2. The highest BCUT2D eigenvalue weighted by Crippen LogP contribution is 2.48. The quantitative estimate of drug-likeness (QED) is 0.448. The molecule has 160 valence electrons. The van der Waals surface area contributed by atoms with E-state index < -0.39 is 5.60 Å². The molecule has 1 aromatic carbocycles. The smallest absolute Gasteiger partial charge is 0.0839 e. The molecule has 0 bridgehead atoms. The summed E-state index contributed by atoms with van der Waals surface area (Å²) < 4.78 is 0. The number of hydrogen-bond acceptors (Lipinski definition) is 3. The number of benzene rings is 1. The number of unbranched alkanes of at least 4 members (excludes halogenated alkanes) is 2. The van der Waals surface area contributed by atoms with Gasteiger partial charge < -0.3 is 15.1 Å². The zero-order valence-electron chi connectivity index (χ0n) is 18.4. The average Bonchev–Trinajstić information content (AvgIpc) is 3.16. The molecule has 3 rings (SSSR count). The minimum atomic E-state index is -0.888. The topological polar surface area (TPSA) is 43.7 Å². The second-order valence-electron chi connectivity index (χ2n) is 9.73. The van der Waals surface area contributed by atoms with E-state index >= 15 is 0 Å². The molecule has 0 aliphatic heterocycles. The van der Waals surface area contributed by atoms with Gasteiger partial charge in [0, 0.05) is 12.3 Å². The molecule has 2 N–H and O–H groups in total. The van der Waals surface area contributed by atoms with Crippen LogP contribution in [0.4, 0.5) is 0 Å². The third-order valence-electron chi connectivity index (χ3n) is 6.64. The van der Waals surface area contributed by atoms with Crippen LogP contribution in [0.1, 0.15) is 51.0 Å². The molecule has 2 aliphatic rings. The first-order valence-electron chi connectivity index (χ1n) is 11.3. The summed E-state index contributed by atoms with van der Waals surface area (Å²) in [5, 5.41) is 21.4. The first-order chi connectivity index (χ1) is 13.8. The molecule has 2 aliphatic carbocycles. The fraction of sp³-hybridized carbons (Fsp3) is 0.615. The highest BCUT2D eigenvalue weighted by Gasteiger charge is 2.43. The minimum Gasteiger partial charge on any atom is -0.392 e. The van der Waals surface area contributed by atoms with Gasteiger partial charge in [-0.1, -0.05) is 60.6 Å². The average molecular weight is 398 g/mol. The van der Waals surface area contributed by atoms with Crippen molar-refractivity contribution in [3.05, 3.63) is 59.7 Å². The Bertz CT molecular complexity index is 692. The molecule has 0 spiro atoms. The molecule has 3 heteroatoms. The summed E-state index contributed by atoms with van der Waals surface area (Å²) in [7, 11) is 4.27. The summed E-state index contributed by atoms with van der Waals surface area (Å²) in [4.78, 5) is 2.25. The summed E-state index contributed by atoms with van der Waals surface area (Å²) in [5.41, 5.74) is 1.83. The third kappa shape index (κ3) is 6.53. The molecule has 0 unspecified atom stereocenters. The van der Waals surface area contributed by atoms with Crippen LogP contribution in [-0.4, -0.2) is 47.5 Å². The Kier molecular flexibility index (Phi) is 7.72. The maximum atomic E-state index is 10.8. The van der Waals surface area contributed by atoms with Crippen LogP contribution in [0, 0.1) is 17.8 Å². The Morgan fingerprint density at radius 3 is 2.62 bits per heavy atom. The van der Waals surface area contributed by atoms with Crippen molar-refractivity contribution in [2.24, 2.45) is 17.8 Å². The normalized spacial score (nSPS) is 28.7. The van der Waals surface area contributed by atoms with E-state index in [4.69, 9.17) is 0 Å². The summed E-state index contributed by atoms with van der Waals surface area (Å²) in [6.07, 6.45) is 13.8. The first-order valence-corrected chi connectivity index (χ1v) is 11.3. The fourth-order valence-corrected chi connectivity index (χ4v) is 5.13. The van der Waals surface area contributed by atoms with Crippen LogP contribution in [0.15, 0.2) is 54.1 Å². The first kappa shape index (κ1) is 22.3. The van der Waals surface area contributed by atoms with Crippen LogP contribution in [0.3, 0.4) is 0 Å². The van der Waals surface area contributed by atoms with Crippen LogP contribution in [0.2, 0.25) is 0 Å². The predicted octanol–water partition coefficient (Wildman–Crippen LogP) is 4.60. The fourth-order valence-electron chi connectivity index (χ4n) is 5.13. The lowest BCUT2D eigenvalue weighted by Crippen LogP contribution is -2.26. The molecule has 3 nitrogen and oxygen atoms in total. The number of nitrogens with zero attached hydrogens (tertiary/aromatic N) is 1. The molecule has 0 aromatic heterocycles. The van der Waals surface area contributed by atoms with Crippen LogP contribution in [0.5, 0.6) is 0 Å². The SMILES string of the molecule is CN(C)CCCCCC1=C[C@H]2C[C@@H](O)[C@H](/C=C/[C@@](C)(O)Cc3ccccc3)[C@H]2C1. The van der Waals surface area contributed by atoms with Crippen molar-refractivity contribution >= 4 is 0 Å². The Morgan fingerprint density at radius 1 is 1.14 bits per heavy atom. The lowest BCUT2D eigenvalue weighted by Gasteiger charge is -2.23. The van der Waals surface area contributed by atoms with Gasteiger partial charge in [-0.15, -0.1) is 0 Å². The van der Waals surface area contributed by atoms with Crippen molar-refractivity contribution in [2.75, 3.05) is 20.6 Å². The van der Waals surface area contributed by atoms with Crippen molar-refractivity contribution in [3.63, 3.8) is 0 Å². The van der Waals surface area contributed by atoms with Gasteiger partial charge >= 0.3 is 0 Å². The Hall–Kier alpha value is -1.42. The second kappa shape index (κ2) is 10.1. The largest absolute Gasteiger partial charge is 0.392 e. The van der Waals surface area contributed by atoms with Gasteiger partial charge in [-0.3, -0.25) is 0 Å². The monoisotopic (exact) mass is 397 g/mol. The molecule has 0 saturated heterocycles. The van der Waals surface area contributed by atoms with Crippen molar-refractivity contribution in [3.8, 4) is 0 Å². The second-order valence-corrected chi connectivity index (χ2v) is 9.73. The lowest BCUT2D eigenvalue weighted by molar-refractivity contribution is 0.108. The maximum absolute atomic E-state index is 10.8. The number of aliphatic hydroxyl groups is 2. The van der Waals surface area contributed by atoms with Gasteiger partial charge in [-0.05, 0) is 77.1 Å². The number of aliphatic hydroxyl groups excluding tert-OH is 1. The molecule has 0 amide bonds. The standard InChI is InChI=1S/C26H39NO2/c1-26(29,19-20-10-6-4-7-11-20)14-13-23-24-17-21(16-22(24)18-25(23)28)12-8-5-9-15-27(2)3/h4,6-7,10-11,13-14,16,22-25,28-29H,5,8-9,12,15,17-19H2,1-3H3/b14-13+/t22-,23+,24-,25+,26+/m0/s1. The molecule has 0 radical (unpaired) electrons. The third-order valence-corrected chi connectivity index (χ3v) is 6.64. The minimum absolute atomic E-state index is 0.157. The Morgan fingerprint density at radius 2 is 1.90 bits per heavy atom. The van der Waals surface area contributed by atoms with Crippen molar-refractivity contribution in [2.45, 2.75) is 63.6 Å². The van der Waals surface area contributed by atoms with E-state index in [0.717, 1.165) is 18.4 Å². The summed E-state index contributed by atoms with van der Waals surface area (Å²) in [6.45, 7) is 3.04. The van der Waals surface area contributed by atoms with Crippen molar-refractivity contribution in [1.29, 1.82) is 0 Å². The van der Waals surface area contributed by atoms with E-state index in [9.17, 15) is 10.2 Å².